The third-order valence-electron chi connectivity index (χ3n) is 3.23. The molecule has 0 bridgehead atoms. The second kappa shape index (κ2) is 7.31. The average molecular weight is 389 g/mol. The molecule has 122 valence electrons. The molecule has 0 saturated heterocycles. The number of fused-ring (bicyclic) bond motifs is 1. The summed E-state index contributed by atoms with van der Waals surface area (Å²) in [4.78, 5) is 23.9. The van der Waals surface area contributed by atoms with E-state index < -0.39 is 5.97 Å². The number of hydrogen-bond donors (Lipinski definition) is 0. The van der Waals surface area contributed by atoms with Gasteiger partial charge < -0.3 is 13.9 Å². The number of para-hydroxylation sites is 1. The maximum absolute atomic E-state index is 12.0. The Morgan fingerprint density at radius 2 is 1.79 bits per heavy atom. The van der Waals surface area contributed by atoms with Crippen molar-refractivity contribution in [3.63, 3.8) is 0 Å². The van der Waals surface area contributed by atoms with E-state index in [0.717, 1.165) is 10.5 Å². The summed E-state index contributed by atoms with van der Waals surface area (Å²) in [5.74, 6) is -0.147. The van der Waals surface area contributed by atoms with Gasteiger partial charge in [0.05, 0.1) is 5.39 Å². The summed E-state index contributed by atoms with van der Waals surface area (Å²) in [6.45, 7) is 0.247. The van der Waals surface area contributed by atoms with Crippen LogP contribution in [0.15, 0.2) is 68.3 Å². The van der Waals surface area contributed by atoms with E-state index in [0.29, 0.717) is 16.7 Å². The Morgan fingerprint density at radius 3 is 2.58 bits per heavy atom. The number of halogens is 1. The van der Waals surface area contributed by atoms with Gasteiger partial charge in [-0.15, -0.1) is 0 Å². The molecule has 0 atom stereocenters. The van der Waals surface area contributed by atoms with Crippen molar-refractivity contribution in [2.24, 2.45) is 0 Å². The third-order valence-corrected chi connectivity index (χ3v) is 3.76. The molecule has 1 aromatic heterocycles. The summed E-state index contributed by atoms with van der Waals surface area (Å²) in [6, 6.07) is 15.2. The first-order chi connectivity index (χ1) is 11.6. The molecule has 0 unspecified atom stereocenters. The minimum atomic E-state index is -0.697. The van der Waals surface area contributed by atoms with Crippen LogP contribution in [0.2, 0.25) is 0 Å². The van der Waals surface area contributed by atoms with Crippen LogP contribution in [-0.4, -0.2) is 19.2 Å². The van der Waals surface area contributed by atoms with Gasteiger partial charge >= 0.3 is 5.97 Å². The summed E-state index contributed by atoms with van der Waals surface area (Å²) in [5.41, 5.74) is 0.0676. The number of esters is 1. The van der Waals surface area contributed by atoms with Gasteiger partial charge in [-0.25, -0.2) is 4.79 Å². The number of carbonyl (C=O) groups excluding carboxylic acids is 1. The zero-order valence-electron chi connectivity index (χ0n) is 12.5. The van der Waals surface area contributed by atoms with Crippen molar-refractivity contribution in [1.82, 2.24) is 0 Å². The lowest BCUT2D eigenvalue weighted by Crippen LogP contribution is -2.14. The lowest BCUT2D eigenvalue weighted by atomic mass is 10.2. The van der Waals surface area contributed by atoms with Gasteiger partial charge in [0.2, 0.25) is 5.76 Å². The van der Waals surface area contributed by atoms with E-state index in [4.69, 9.17) is 13.9 Å². The van der Waals surface area contributed by atoms with E-state index >= 15 is 0 Å². The van der Waals surface area contributed by atoms with Crippen LogP contribution in [0.3, 0.4) is 0 Å². The number of hydrogen-bond acceptors (Lipinski definition) is 5. The molecule has 3 rings (SSSR count). The molecule has 0 aliphatic rings. The van der Waals surface area contributed by atoms with Gasteiger partial charge in [0.1, 0.15) is 24.5 Å². The Morgan fingerprint density at radius 1 is 1.04 bits per heavy atom. The molecule has 5 nitrogen and oxygen atoms in total. The molecular formula is C18H13BrO5. The molecule has 0 fully saturated rings. The van der Waals surface area contributed by atoms with Crippen molar-refractivity contribution < 1.29 is 18.7 Å². The van der Waals surface area contributed by atoms with Crippen molar-refractivity contribution in [1.29, 1.82) is 0 Å². The molecule has 0 amide bonds. The Labute approximate surface area is 145 Å². The fourth-order valence-electron chi connectivity index (χ4n) is 2.10. The fraction of sp³-hybridized carbons (Fsp3) is 0.111. The molecule has 6 heteroatoms. The van der Waals surface area contributed by atoms with Crippen LogP contribution in [0.4, 0.5) is 0 Å². The van der Waals surface area contributed by atoms with Crippen LogP contribution >= 0.6 is 15.9 Å². The molecule has 2 aromatic carbocycles. The first-order valence-corrected chi connectivity index (χ1v) is 8.01. The molecule has 0 aliphatic heterocycles. The fourth-order valence-corrected chi connectivity index (χ4v) is 2.36. The third kappa shape index (κ3) is 3.83. The van der Waals surface area contributed by atoms with Crippen LogP contribution in [-0.2, 0) is 4.74 Å². The van der Waals surface area contributed by atoms with Crippen LogP contribution in [0, 0.1) is 0 Å². The van der Waals surface area contributed by atoms with E-state index in [1.54, 1.807) is 36.4 Å². The lowest BCUT2D eigenvalue weighted by molar-refractivity contribution is 0.0415. The summed E-state index contributed by atoms with van der Waals surface area (Å²) in [5, 5.41) is 0.424. The Bertz CT molecular complexity index is 915. The first kappa shape index (κ1) is 16.3. The van der Waals surface area contributed by atoms with E-state index in [9.17, 15) is 9.59 Å². The standard InChI is InChI=1S/C18H13BrO5/c19-12-5-7-13(8-6-12)22-9-10-23-18(21)17-11-15(20)14-3-1-2-4-16(14)24-17/h1-8,11H,9-10H2. The zero-order valence-corrected chi connectivity index (χ0v) is 14.1. The molecule has 0 aliphatic carbocycles. The highest BCUT2D eigenvalue weighted by atomic mass is 79.9. The smallest absolute Gasteiger partial charge is 0.374 e. The van der Waals surface area contributed by atoms with Gasteiger partial charge in [-0.05, 0) is 36.4 Å². The summed E-state index contributed by atoms with van der Waals surface area (Å²) in [6.07, 6.45) is 0. The van der Waals surface area contributed by atoms with E-state index in [2.05, 4.69) is 15.9 Å². The lowest BCUT2D eigenvalue weighted by Gasteiger charge is -2.07. The molecule has 0 radical (unpaired) electrons. The highest BCUT2D eigenvalue weighted by molar-refractivity contribution is 9.10. The number of rotatable bonds is 5. The van der Waals surface area contributed by atoms with Gasteiger partial charge in [0.25, 0.3) is 0 Å². The van der Waals surface area contributed by atoms with E-state index in [1.807, 2.05) is 12.1 Å². The maximum atomic E-state index is 12.0. The summed E-state index contributed by atoms with van der Waals surface area (Å²) >= 11 is 3.33. The second-order valence-corrected chi connectivity index (χ2v) is 5.83. The van der Waals surface area contributed by atoms with Crippen molar-refractivity contribution >= 4 is 32.9 Å². The van der Waals surface area contributed by atoms with Crippen LogP contribution in [0.1, 0.15) is 10.6 Å². The van der Waals surface area contributed by atoms with Crippen LogP contribution in [0.5, 0.6) is 5.75 Å². The maximum Gasteiger partial charge on any atom is 0.374 e. The molecule has 3 aromatic rings. The molecule has 1 heterocycles. The largest absolute Gasteiger partial charge is 0.490 e. The predicted octanol–water partition coefficient (Wildman–Crippen LogP) is 3.79. The Kier molecular flexibility index (Phi) is 4.96. The van der Waals surface area contributed by atoms with Gasteiger partial charge in [-0.2, -0.15) is 0 Å². The highest BCUT2D eigenvalue weighted by Crippen LogP contribution is 2.16. The number of carbonyl (C=O) groups is 1. The van der Waals surface area contributed by atoms with Gasteiger partial charge in [-0.3, -0.25) is 4.79 Å². The summed E-state index contributed by atoms with van der Waals surface area (Å²) < 4.78 is 16.9. The van der Waals surface area contributed by atoms with E-state index in [-0.39, 0.29) is 24.4 Å². The second-order valence-electron chi connectivity index (χ2n) is 4.91. The topological polar surface area (TPSA) is 65.7 Å². The number of ether oxygens (including phenoxy) is 2. The normalized spacial score (nSPS) is 10.5. The van der Waals surface area contributed by atoms with Gasteiger partial charge in [0, 0.05) is 10.5 Å². The monoisotopic (exact) mass is 388 g/mol. The molecule has 0 saturated carbocycles. The average Bonchev–Trinajstić information content (AvgIpc) is 2.60. The first-order valence-electron chi connectivity index (χ1n) is 7.22. The van der Waals surface area contributed by atoms with Gasteiger partial charge in [-0.1, -0.05) is 28.1 Å². The molecule has 0 spiro atoms. The van der Waals surface area contributed by atoms with Crippen molar-refractivity contribution in [3.8, 4) is 5.75 Å². The SMILES string of the molecule is O=C(OCCOc1ccc(Br)cc1)c1cc(=O)c2ccccc2o1. The van der Waals surface area contributed by atoms with Crippen molar-refractivity contribution in [2.45, 2.75) is 0 Å². The quantitative estimate of drug-likeness (QED) is 0.491. The van der Waals surface area contributed by atoms with Crippen LogP contribution < -0.4 is 10.2 Å². The minimum Gasteiger partial charge on any atom is -0.490 e. The molecule has 24 heavy (non-hydrogen) atoms. The summed E-state index contributed by atoms with van der Waals surface area (Å²) in [7, 11) is 0. The predicted molar refractivity (Wildman–Crippen MR) is 92.4 cm³/mol. The van der Waals surface area contributed by atoms with Crippen molar-refractivity contribution in [3.05, 3.63) is 75.1 Å². The van der Waals surface area contributed by atoms with Crippen LogP contribution in [0.25, 0.3) is 11.0 Å². The Hall–Kier alpha value is -2.60. The molecule has 0 N–H and O–H groups in total. The minimum absolute atomic E-state index is 0.0471. The van der Waals surface area contributed by atoms with Gasteiger partial charge in [0.15, 0.2) is 5.43 Å². The van der Waals surface area contributed by atoms with Crippen molar-refractivity contribution in [2.75, 3.05) is 13.2 Å². The Balaban J connectivity index is 1.59. The molecular weight excluding hydrogens is 376 g/mol. The number of benzene rings is 2. The van der Waals surface area contributed by atoms with E-state index in [1.165, 1.54) is 0 Å². The highest BCUT2D eigenvalue weighted by Gasteiger charge is 2.13. The zero-order chi connectivity index (χ0) is 16.9.